The number of rotatable bonds is 7. The highest BCUT2D eigenvalue weighted by molar-refractivity contribution is 5.85. The fourth-order valence-electron chi connectivity index (χ4n) is 4.75. The van der Waals surface area contributed by atoms with E-state index in [1.165, 1.54) is 33.0 Å². The number of hydrogen-bond donors (Lipinski definition) is 0. The summed E-state index contributed by atoms with van der Waals surface area (Å²) in [5.41, 5.74) is 6.20. The highest BCUT2D eigenvalue weighted by Gasteiger charge is 2.19. The van der Waals surface area contributed by atoms with Crippen LogP contribution in [0.1, 0.15) is 61.5 Å². The second kappa shape index (κ2) is 9.34. The zero-order chi connectivity index (χ0) is 23.7. The number of benzene rings is 4. The van der Waals surface area contributed by atoms with Gasteiger partial charge in [0.25, 0.3) is 0 Å². The SMILES string of the molecule is CCC(C)c1ccc(Cn2c(C(C)c3ccc4cc(OC)ccc4c3)nc3ccccc32)cc1. The molecule has 34 heavy (non-hydrogen) atoms. The van der Waals surface area contributed by atoms with Crippen molar-refractivity contribution in [2.45, 2.75) is 45.6 Å². The number of para-hydroxylation sites is 2. The maximum atomic E-state index is 5.39. The first-order valence-corrected chi connectivity index (χ1v) is 12.2. The van der Waals surface area contributed by atoms with Gasteiger partial charge in [-0.2, -0.15) is 0 Å². The molecule has 5 aromatic rings. The van der Waals surface area contributed by atoms with Crippen LogP contribution in [0.3, 0.4) is 0 Å². The standard InChI is InChI=1S/C31H32N2O/c1-5-21(2)24-12-10-23(11-13-24)20-33-30-9-7-6-8-29(30)32-31(33)22(3)25-14-15-27-19-28(34-4)17-16-26(27)18-25/h6-19,21-22H,5,20H2,1-4H3. The van der Waals surface area contributed by atoms with Crippen LogP contribution >= 0.6 is 0 Å². The Kier molecular flexibility index (Phi) is 6.10. The fourth-order valence-corrected chi connectivity index (χ4v) is 4.75. The molecule has 5 rings (SSSR count). The van der Waals surface area contributed by atoms with Gasteiger partial charge in [-0.1, -0.05) is 81.4 Å². The van der Waals surface area contributed by atoms with Crippen molar-refractivity contribution in [3.8, 4) is 5.75 Å². The number of nitrogens with zero attached hydrogens (tertiary/aromatic N) is 2. The van der Waals surface area contributed by atoms with E-state index >= 15 is 0 Å². The van der Waals surface area contributed by atoms with Crippen molar-refractivity contribution in [1.82, 2.24) is 9.55 Å². The normalized spacial score (nSPS) is 13.3. The van der Waals surface area contributed by atoms with Crippen LogP contribution in [-0.2, 0) is 6.54 Å². The zero-order valence-corrected chi connectivity index (χ0v) is 20.5. The van der Waals surface area contributed by atoms with Gasteiger partial charge in [0.2, 0.25) is 0 Å². The van der Waals surface area contributed by atoms with Gasteiger partial charge in [-0.3, -0.25) is 0 Å². The lowest BCUT2D eigenvalue weighted by atomic mass is 9.96. The van der Waals surface area contributed by atoms with Crippen LogP contribution in [-0.4, -0.2) is 16.7 Å². The van der Waals surface area contributed by atoms with Gasteiger partial charge in [0.05, 0.1) is 18.1 Å². The number of methoxy groups -OCH3 is 1. The number of aromatic nitrogens is 2. The third kappa shape index (κ3) is 4.19. The average molecular weight is 449 g/mol. The molecule has 172 valence electrons. The van der Waals surface area contributed by atoms with Crippen LogP contribution < -0.4 is 4.74 Å². The Hall–Kier alpha value is -3.59. The van der Waals surface area contributed by atoms with Crippen molar-refractivity contribution in [2.75, 3.05) is 7.11 Å². The van der Waals surface area contributed by atoms with Crippen molar-refractivity contribution in [3.63, 3.8) is 0 Å². The van der Waals surface area contributed by atoms with E-state index in [2.05, 4.69) is 104 Å². The van der Waals surface area contributed by atoms with Gasteiger partial charge in [0.15, 0.2) is 0 Å². The number of ether oxygens (including phenoxy) is 1. The summed E-state index contributed by atoms with van der Waals surface area (Å²) in [5, 5.41) is 2.40. The van der Waals surface area contributed by atoms with E-state index in [4.69, 9.17) is 9.72 Å². The van der Waals surface area contributed by atoms with Crippen LogP contribution in [0.15, 0.2) is 84.9 Å². The second-order valence-corrected chi connectivity index (χ2v) is 9.29. The molecule has 0 radical (unpaired) electrons. The van der Waals surface area contributed by atoms with Crippen molar-refractivity contribution in [1.29, 1.82) is 0 Å². The van der Waals surface area contributed by atoms with Gasteiger partial charge in [0, 0.05) is 12.5 Å². The lowest BCUT2D eigenvalue weighted by molar-refractivity contribution is 0.415. The van der Waals surface area contributed by atoms with E-state index in [0.717, 1.165) is 30.1 Å². The van der Waals surface area contributed by atoms with Crippen molar-refractivity contribution in [3.05, 3.63) is 107 Å². The predicted molar refractivity (Wildman–Crippen MR) is 142 cm³/mol. The molecule has 0 aliphatic heterocycles. The molecule has 2 atom stereocenters. The lowest BCUT2D eigenvalue weighted by Crippen LogP contribution is -2.09. The summed E-state index contributed by atoms with van der Waals surface area (Å²) in [7, 11) is 1.71. The van der Waals surface area contributed by atoms with E-state index in [1.54, 1.807) is 7.11 Å². The summed E-state index contributed by atoms with van der Waals surface area (Å²) in [6.07, 6.45) is 1.16. The summed E-state index contributed by atoms with van der Waals surface area (Å²) in [6.45, 7) is 7.60. The third-order valence-electron chi connectivity index (χ3n) is 7.14. The summed E-state index contributed by atoms with van der Waals surface area (Å²) < 4.78 is 7.77. The molecule has 2 unspecified atom stereocenters. The molecule has 0 N–H and O–H groups in total. The Bertz CT molecular complexity index is 1430. The Balaban J connectivity index is 1.53. The Morgan fingerprint density at radius 1 is 0.824 bits per heavy atom. The van der Waals surface area contributed by atoms with Crippen molar-refractivity contribution < 1.29 is 4.74 Å². The highest BCUT2D eigenvalue weighted by atomic mass is 16.5. The Morgan fingerprint density at radius 2 is 1.53 bits per heavy atom. The molecule has 0 aliphatic rings. The Morgan fingerprint density at radius 3 is 2.29 bits per heavy atom. The minimum absolute atomic E-state index is 0.165. The molecular weight excluding hydrogens is 416 g/mol. The maximum Gasteiger partial charge on any atom is 0.119 e. The largest absolute Gasteiger partial charge is 0.497 e. The predicted octanol–water partition coefficient (Wildman–Crippen LogP) is 7.91. The topological polar surface area (TPSA) is 27.1 Å². The first-order chi connectivity index (χ1) is 16.6. The molecule has 1 aromatic heterocycles. The van der Waals surface area contributed by atoms with E-state index in [1.807, 2.05) is 6.07 Å². The molecule has 3 nitrogen and oxygen atoms in total. The maximum absolute atomic E-state index is 5.39. The fraction of sp³-hybridized carbons (Fsp3) is 0.258. The molecule has 0 amide bonds. The van der Waals surface area contributed by atoms with Gasteiger partial charge in [0.1, 0.15) is 11.6 Å². The van der Waals surface area contributed by atoms with Gasteiger partial charge < -0.3 is 9.30 Å². The molecule has 1 heterocycles. The van der Waals surface area contributed by atoms with Crippen LogP contribution in [0.5, 0.6) is 5.75 Å². The number of hydrogen-bond acceptors (Lipinski definition) is 2. The summed E-state index contributed by atoms with van der Waals surface area (Å²) >= 11 is 0. The first kappa shape index (κ1) is 22.2. The lowest BCUT2D eigenvalue weighted by Gasteiger charge is -2.17. The van der Waals surface area contributed by atoms with Crippen LogP contribution in [0.2, 0.25) is 0 Å². The quantitative estimate of drug-likeness (QED) is 0.253. The molecule has 0 spiro atoms. The minimum Gasteiger partial charge on any atom is -0.497 e. The van der Waals surface area contributed by atoms with Gasteiger partial charge >= 0.3 is 0 Å². The number of fused-ring (bicyclic) bond motifs is 2. The van der Waals surface area contributed by atoms with Crippen LogP contribution in [0, 0.1) is 0 Å². The van der Waals surface area contributed by atoms with Crippen molar-refractivity contribution in [2.24, 2.45) is 0 Å². The molecule has 0 bridgehead atoms. The molecule has 4 aromatic carbocycles. The summed E-state index contributed by atoms with van der Waals surface area (Å²) in [6, 6.07) is 30.5. The highest BCUT2D eigenvalue weighted by Crippen LogP contribution is 2.31. The second-order valence-electron chi connectivity index (χ2n) is 9.29. The van der Waals surface area contributed by atoms with Gasteiger partial charge in [-0.25, -0.2) is 4.98 Å². The average Bonchev–Trinajstić information content (AvgIpc) is 3.25. The monoisotopic (exact) mass is 448 g/mol. The third-order valence-corrected chi connectivity index (χ3v) is 7.14. The van der Waals surface area contributed by atoms with E-state index in [9.17, 15) is 0 Å². The van der Waals surface area contributed by atoms with Crippen LogP contribution in [0.4, 0.5) is 0 Å². The Labute approximate surface area is 202 Å². The zero-order valence-electron chi connectivity index (χ0n) is 20.5. The molecular formula is C31H32N2O. The van der Waals surface area contributed by atoms with E-state index in [0.29, 0.717) is 5.92 Å². The first-order valence-electron chi connectivity index (χ1n) is 12.2. The summed E-state index contributed by atoms with van der Waals surface area (Å²) in [4.78, 5) is 5.09. The minimum atomic E-state index is 0.165. The van der Waals surface area contributed by atoms with Gasteiger partial charge in [-0.05, 0) is 64.1 Å². The molecule has 3 heteroatoms. The van der Waals surface area contributed by atoms with E-state index < -0.39 is 0 Å². The molecule has 0 aliphatic carbocycles. The molecule has 0 saturated heterocycles. The molecule has 0 saturated carbocycles. The molecule has 0 fully saturated rings. The smallest absolute Gasteiger partial charge is 0.119 e. The van der Waals surface area contributed by atoms with E-state index in [-0.39, 0.29) is 5.92 Å². The summed E-state index contributed by atoms with van der Waals surface area (Å²) in [5.74, 6) is 2.74. The van der Waals surface area contributed by atoms with Gasteiger partial charge in [-0.15, -0.1) is 0 Å². The van der Waals surface area contributed by atoms with Crippen molar-refractivity contribution >= 4 is 21.8 Å². The van der Waals surface area contributed by atoms with Crippen LogP contribution in [0.25, 0.3) is 21.8 Å². The number of imidazole rings is 1.